The van der Waals surface area contributed by atoms with Crippen LogP contribution in [0, 0.1) is 5.82 Å². The van der Waals surface area contributed by atoms with Crippen molar-refractivity contribution in [3.8, 4) is 11.1 Å². The number of primary amides is 1. The van der Waals surface area contributed by atoms with Gasteiger partial charge in [-0.15, -0.1) is 0 Å². The molecular formula is C27H27ClFN3O4. The summed E-state index contributed by atoms with van der Waals surface area (Å²) in [4.78, 5) is 37.7. The zero-order valence-electron chi connectivity index (χ0n) is 20.2. The molecule has 0 bridgehead atoms. The van der Waals surface area contributed by atoms with Gasteiger partial charge < -0.3 is 20.4 Å². The molecule has 3 unspecified atom stereocenters. The van der Waals surface area contributed by atoms with Crippen LogP contribution in [0.15, 0.2) is 53.5 Å². The lowest BCUT2D eigenvalue weighted by Crippen LogP contribution is -2.33. The van der Waals surface area contributed by atoms with E-state index < -0.39 is 35.3 Å². The number of ether oxygens (including phenoxy) is 1. The number of pyridine rings is 1. The van der Waals surface area contributed by atoms with E-state index in [4.69, 9.17) is 22.1 Å². The highest BCUT2D eigenvalue weighted by Gasteiger charge is 2.28. The van der Waals surface area contributed by atoms with Gasteiger partial charge >= 0.3 is 0 Å². The summed E-state index contributed by atoms with van der Waals surface area (Å²) < 4.78 is 22.7. The molecule has 4 rings (SSSR count). The Morgan fingerprint density at radius 3 is 2.56 bits per heavy atom. The molecule has 1 aliphatic heterocycles. The van der Waals surface area contributed by atoms with Crippen LogP contribution in [0.1, 0.15) is 60.8 Å². The second-order valence-electron chi connectivity index (χ2n) is 8.93. The minimum absolute atomic E-state index is 0.0288. The molecule has 1 aromatic heterocycles. The summed E-state index contributed by atoms with van der Waals surface area (Å²) in [5.41, 5.74) is 7.55. The van der Waals surface area contributed by atoms with Crippen LogP contribution in [0.4, 0.5) is 10.1 Å². The smallest absolute Gasteiger partial charge is 0.251 e. The van der Waals surface area contributed by atoms with Gasteiger partial charge in [0.05, 0.1) is 17.2 Å². The van der Waals surface area contributed by atoms with Gasteiger partial charge in [-0.25, -0.2) is 4.39 Å². The Morgan fingerprint density at radius 2 is 1.92 bits per heavy atom. The monoisotopic (exact) mass is 511 g/mol. The molecular weight excluding hydrogens is 485 g/mol. The van der Waals surface area contributed by atoms with Crippen molar-refractivity contribution < 1.29 is 18.7 Å². The number of amides is 2. The van der Waals surface area contributed by atoms with Gasteiger partial charge in [0, 0.05) is 34.6 Å². The highest BCUT2D eigenvalue weighted by Crippen LogP contribution is 2.39. The number of nitrogens with two attached hydrogens (primary N) is 1. The molecule has 0 spiro atoms. The van der Waals surface area contributed by atoms with Crippen molar-refractivity contribution in [1.29, 1.82) is 0 Å². The summed E-state index contributed by atoms with van der Waals surface area (Å²) in [6.45, 7) is 5.53. The van der Waals surface area contributed by atoms with E-state index >= 15 is 4.39 Å². The number of hydrogen-bond acceptors (Lipinski definition) is 4. The third-order valence-corrected chi connectivity index (χ3v) is 6.70. The first-order valence-electron chi connectivity index (χ1n) is 11.7. The number of aromatic nitrogens is 1. The van der Waals surface area contributed by atoms with E-state index in [0.717, 1.165) is 0 Å². The molecule has 0 aliphatic carbocycles. The molecule has 188 valence electrons. The topological polar surface area (TPSA) is 103 Å². The maximum atomic E-state index is 15.3. The summed E-state index contributed by atoms with van der Waals surface area (Å²) >= 11 is 6.10. The van der Waals surface area contributed by atoms with E-state index in [2.05, 4.69) is 5.32 Å². The Morgan fingerprint density at radius 1 is 1.22 bits per heavy atom. The first-order valence-corrected chi connectivity index (χ1v) is 12.1. The predicted molar refractivity (Wildman–Crippen MR) is 137 cm³/mol. The molecule has 3 N–H and O–H groups in total. The number of rotatable bonds is 5. The second-order valence-corrected chi connectivity index (χ2v) is 9.34. The van der Waals surface area contributed by atoms with Crippen LogP contribution in [0.3, 0.4) is 0 Å². The average molecular weight is 512 g/mol. The van der Waals surface area contributed by atoms with Crippen molar-refractivity contribution in [2.24, 2.45) is 5.73 Å². The molecule has 7 nitrogen and oxygen atoms in total. The Bertz CT molecular complexity index is 1390. The molecule has 36 heavy (non-hydrogen) atoms. The normalized spacial score (nSPS) is 17.8. The number of hydrogen-bond donors (Lipinski definition) is 2. The largest absolute Gasteiger partial charge is 0.370 e. The Kier molecular flexibility index (Phi) is 7.28. The number of carbonyl (C=O) groups is 2. The van der Waals surface area contributed by atoms with E-state index in [-0.39, 0.29) is 16.7 Å². The van der Waals surface area contributed by atoms with E-state index in [0.29, 0.717) is 40.8 Å². The maximum Gasteiger partial charge on any atom is 0.251 e. The molecule has 0 saturated carbocycles. The third kappa shape index (κ3) is 4.92. The van der Waals surface area contributed by atoms with Crippen molar-refractivity contribution in [2.75, 3.05) is 5.32 Å². The average Bonchev–Trinajstić information content (AvgIpc) is 2.82. The van der Waals surface area contributed by atoms with Crippen molar-refractivity contribution >= 4 is 29.1 Å². The number of halogens is 2. The van der Waals surface area contributed by atoms with Gasteiger partial charge in [-0.05, 0) is 68.1 Å². The van der Waals surface area contributed by atoms with Gasteiger partial charge in [0.1, 0.15) is 11.9 Å². The quantitative estimate of drug-likeness (QED) is 0.502. The number of nitrogens with zero attached hydrogens (tertiary/aromatic N) is 1. The van der Waals surface area contributed by atoms with Crippen molar-refractivity contribution in [3.05, 3.63) is 86.5 Å². The van der Waals surface area contributed by atoms with Crippen molar-refractivity contribution in [3.63, 3.8) is 0 Å². The number of carbonyl (C=O) groups excluding carboxylic acids is 2. The van der Waals surface area contributed by atoms with Gasteiger partial charge in [-0.1, -0.05) is 24.6 Å². The van der Waals surface area contributed by atoms with E-state index in [1.165, 1.54) is 28.8 Å². The minimum atomic E-state index is -0.836. The minimum Gasteiger partial charge on any atom is -0.370 e. The van der Waals surface area contributed by atoms with Crippen LogP contribution >= 0.6 is 11.6 Å². The Labute approximate surface area is 213 Å². The van der Waals surface area contributed by atoms with Crippen LogP contribution in [-0.2, 0) is 16.0 Å². The molecule has 1 aliphatic rings. The van der Waals surface area contributed by atoms with Crippen LogP contribution in [0.25, 0.3) is 11.1 Å². The molecule has 9 heteroatoms. The molecule has 0 saturated heterocycles. The highest BCUT2D eigenvalue weighted by atomic mass is 35.5. The van der Waals surface area contributed by atoms with Gasteiger partial charge in [-0.3, -0.25) is 14.4 Å². The van der Waals surface area contributed by atoms with Crippen LogP contribution in [0.2, 0.25) is 5.02 Å². The van der Waals surface area contributed by atoms with Gasteiger partial charge in [0.15, 0.2) is 0 Å². The number of fused-ring (bicyclic) bond motifs is 3. The fourth-order valence-electron chi connectivity index (χ4n) is 4.63. The maximum absolute atomic E-state index is 15.3. The van der Waals surface area contributed by atoms with Crippen molar-refractivity contribution in [2.45, 2.75) is 51.9 Å². The van der Waals surface area contributed by atoms with Gasteiger partial charge in [-0.2, -0.15) is 0 Å². The van der Waals surface area contributed by atoms with Gasteiger partial charge in [0.2, 0.25) is 11.8 Å². The molecule has 2 aromatic carbocycles. The molecule has 0 radical (unpaired) electrons. The zero-order chi connectivity index (χ0) is 26.1. The standard InChI is InChI=1S/C27H27ClFN3O4/c1-4-22(27(35)31-18-8-5-16(6-9-18)26(30)34)32-13-20-15(3)36-14(2)11-17-7-10-21(28)25(29)24(17)19(20)12-23(32)33/h5-10,12-15,22H,4,11H2,1-3H3,(H2,30,34)(H,31,35). The zero-order valence-corrected chi connectivity index (χ0v) is 20.9. The SMILES string of the molecule is CCC(C(=O)Nc1ccc(C(N)=O)cc1)n1cc2c(cc1=O)-c1c(ccc(Cl)c1F)CC(C)OC2C. The van der Waals surface area contributed by atoms with Crippen LogP contribution in [0.5, 0.6) is 0 Å². The summed E-state index contributed by atoms with van der Waals surface area (Å²) in [5, 5.41) is 2.75. The molecule has 0 fully saturated rings. The number of nitrogens with one attached hydrogen (secondary N) is 1. The van der Waals surface area contributed by atoms with Crippen LogP contribution < -0.4 is 16.6 Å². The lowest BCUT2D eigenvalue weighted by Gasteiger charge is -2.28. The lowest BCUT2D eigenvalue weighted by molar-refractivity contribution is -0.119. The summed E-state index contributed by atoms with van der Waals surface area (Å²) in [7, 11) is 0. The van der Waals surface area contributed by atoms with Crippen LogP contribution in [-0.4, -0.2) is 22.5 Å². The molecule has 2 heterocycles. The lowest BCUT2D eigenvalue weighted by atomic mass is 9.90. The molecule has 2 amide bonds. The number of anilines is 1. The summed E-state index contributed by atoms with van der Waals surface area (Å²) in [6, 6.07) is 9.91. The first kappa shape index (κ1) is 25.6. The highest BCUT2D eigenvalue weighted by molar-refractivity contribution is 6.31. The summed E-state index contributed by atoms with van der Waals surface area (Å²) in [6.07, 6.45) is 1.70. The fraction of sp³-hybridized carbons (Fsp3) is 0.296. The van der Waals surface area contributed by atoms with E-state index in [1.807, 2.05) is 13.8 Å². The second kappa shape index (κ2) is 10.2. The number of benzene rings is 2. The Hall–Kier alpha value is -3.49. The van der Waals surface area contributed by atoms with Gasteiger partial charge in [0.25, 0.3) is 5.56 Å². The van der Waals surface area contributed by atoms with Crippen molar-refractivity contribution in [1.82, 2.24) is 4.57 Å². The third-order valence-electron chi connectivity index (χ3n) is 6.41. The van der Waals surface area contributed by atoms with E-state index in [9.17, 15) is 14.4 Å². The Balaban J connectivity index is 1.77. The molecule has 3 atom stereocenters. The predicted octanol–water partition coefficient (Wildman–Crippen LogP) is 5.02. The fourth-order valence-corrected chi connectivity index (χ4v) is 4.79. The molecule has 3 aromatic rings. The first-order chi connectivity index (χ1) is 17.1. The van der Waals surface area contributed by atoms with E-state index in [1.54, 1.807) is 31.3 Å². The summed E-state index contributed by atoms with van der Waals surface area (Å²) in [5.74, 6) is -1.57.